The molecule has 0 radical (unpaired) electrons. The van der Waals surface area contributed by atoms with Crippen LogP contribution in [0.3, 0.4) is 0 Å². The molecule has 0 saturated carbocycles. The normalized spacial score (nSPS) is 28.7. The third kappa shape index (κ3) is 3.01. The van der Waals surface area contributed by atoms with Crippen LogP contribution in [0.15, 0.2) is 0 Å². The topological polar surface area (TPSA) is 23.6 Å². The fraction of sp³-hybridized carbons (Fsp3) is 0.929. The molecule has 2 aliphatic heterocycles. The molecular formula is C14H26N2O. The van der Waals surface area contributed by atoms with Crippen molar-refractivity contribution in [3.8, 4) is 0 Å². The van der Waals surface area contributed by atoms with Gasteiger partial charge in [0, 0.05) is 32.6 Å². The molecule has 2 heterocycles. The Morgan fingerprint density at radius 3 is 2.24 bits per heavy atom. The fourth-order valence-electron chi connectivity index (χ4n) is 3.29. The summed E-state index contributed by atoms with van der Waals surface area (Å²) in [4.78, 5) is 16.3. The van der Waals surface area contributed by atoms with Crippen molar-refractivity contribution in [1.82, 2.24) is 9.80 Å². The van der Waals surface area contributed by atoms with Gasteiger partial charge in [-0.1, -0.05) is 26.7 Å². The molecule has 2 rings (SSSR count). The van der Waals surface area contributed by atoms with Crippen LogP contribution in [0.25, 0.3) is 0 Å². The van der Waals surface area contributed by atoms with Crippen LogP contribution in [0.5, 0.6) is 0 Å². The summed E-state index contributed by atoms with van der Waals surface area (Å²) in [6.45, 7) is 9.97. The number of fused-ring (bicyclic) bond motifs is 1. The van der Waals surface area contributed by atoms with Gasteiger partial charge in [-0.15, -0.1) is 0 Å². The second-order valence-corrected chi connectivity index (χ2v) is 5.64. The maximum atomic E-state index is 11.6. The van der Waals surface area contributed by atoms with Crippen LogP contribution in [-0.4, -0.2) is 48.4 Å². The lowest BCUT2D eigenvalue weighted by atomic mass is 10.0. The van der Waals surface area contributed by atoms with E-state index in [1.807, 2.05) is 6.92 Å². The Balaban J connectivity index is 1.73. The van der Waals surface area contributed by atoms with E-state index in [2.05, 4.69) is 16.7 Å². The lowest BCUT2D eigenvalue weighted by Gasteiger charge is -2.21. The van der Waals surface area contributed by atoms with Crippen molar-refractivity contribution >= 4 is 5.91 Å². The zero-order valence-corrected chi connectivity index (χ0v) is 11.3. The number of hydrogen-bond donors (Lipinski definition) is 0. The van der Waals surface area contributed by atoms with Crippen molar-refractivity contribution in [2.45, 2.75) is 39.5 Å². The fourth-order valence-corrected chi connectivity index (χ4v) is 3.29. The minimum atomic E-state index is 0.344. The molecular weight excluding hydrogens is 212 g/mol. The average Bonchev–Trinajstić information content (AvgIpc) is 2.86. The van der Waals surface area contributed by atoms with Gasteiger partial charge < -0.3 is 9.80 Å². The number of unbranched alkanes of at least 4 members (excludes halogenated alkanes) is 2. The molecule has 0 aliphatic carbocycles. The van der Waals surface area contributed by atoms with Crippen LogP contribution in [0, 0.1) is 11.8 Å². The van der Waals surface area contributed by atoms with Gasteiger partial charge in [0.2, 0.25) is 5.91 Å². The highest BCUT2D eigenvalue weighted by Gasteiger charge is 2.40. The van der Waals surface area contributed by atoms with Crippen molar-refractivity contribution in [2.24, 2.45) is 11.8 Å². The van der Waals surface area contributed by atoms with Crippen LogP contribution in [0.1, 0.15) is 39.5 Å². The molecule has 0 N–H and O–H groups in total. The largest absolute Gasteiger partial charge is 0.342 e. The second kappa shape index (κ2) is 5.85. The van der Waals surface area contributed by atoms with Crippen molar-refractivity contribution in [2.75, 3.05) is 32.7 Å². The molecule has 2 atom stereocenters. The van der Waals surface area contributed by atoms with E-state index in [4.69, 9.17) is 0 Å². The molecule has 3 nitrogen and oxygen atoms in total. The van der Waals surface area contributed by atoms with E-state index < -0.39 is 0 Å². The van der Waals surface area contributed by atoms with Crippen LogP contribution in [0.2, 0.25) is 0 Å². The quantitative estimate of drug-likeness (QED) is 0.684. The summed E-state index contributed by atoms with van der Waals surface area (Å²) < 4.78 is 0. The zero-order chi connectivity index (χ0) is 12.3. The molecule has 98 valence electrons. The van der Waals surface area contributed by atoms with E-state index in [0.717, 1.165) is 24.9 Å². The number of carbonyl (C=O) groups excluding carboxylic acids is 1. The first kappa shape index (κ1) is 12.9. The predicted molar refractivity (Wildman–Crippen MR) is 69.8 cm³/mol. The Morgan fingerprint density at radius 1 is 1.06 bits per heavy atom. The third-order valence-electron chi connectivity index (χ3n) is 4.29. The molecule has 2 unspecified atom stereocenters. The molecule has 2 fully saturated rings. The lowest BCUT2D eigenvalue weighted by molar-refractivity contribution is -0.130. The Hall–Kier alpha value is -0.570. The van der Waals surface area contributed by atoms with Gasteiger partial charge in [-0.05, 0) is 24.8 Å². The third-order valence-corrected chi connectivity index (χ3v) is 4.29. The molecule has 2 saturated heterocycles. The Kier molecular flexibility index (Phi) is 4.43. The lowest BCUT2D eigenvalue weighted by Crippen LogP contribution is -2.33. The number of carbonyl (C=O) groups is 1. The zero-order valence-electron chi connectivity index (χ0n) is 11.3. The number of nitrogens with zero attached hydrogens (tertiary/aromatic N) is 2. The number of amides is 1. The predicted octanol–water partition coefficient (Wildman–Crippen LogP) is 1.98. The standard InChI is InChI=1S/C14H26N2O/c1-3-5-6-7-15-8-12-10-16(14(17)4-2)11-13(12)9-15/h12-13H,3-11H2,1-2H3. The molecule has 1 amide bonds. The van der Waals surface area contributed by atoms with Gasteiger partial charge in [-0.25, -0.2) is 0 Å². The SMILES string of the molecule is CCCCCN1CC2CN(C(=O)CC)CC2C1. The summed E-state index contributed by atoms with van der Waals surface area (Å²) in [6, 6.07) is 0. The van der Waals surface area contributed by atoms with E-state index in [0.29, 0.717) is 12.3 Å². The van der Waals surface area contributed by atoms with Crippen LogP contribution in [0.4, 0.5) is 0 Å². The van der Waals surface area contributed by atoms with Crippen molar-refractivity contribution in [3.63, 3.8) is 0 Å². The summed E-state index contributed by atoms with van der Waals surface area (Å²) in [6.07, 6.45) is 4.67. The summed E-state index contributed by atoms with van der Waals surface area (Å²) in [5, 5.41) is 0. The number of likely N-dealkylation sites (tertiary alicyclic amines) is 2. The smallest absolute Gasteiger partial charge is 0.222 e. The monoisotopic (exact) mass is 238 g/mol. The van der Waals surface area contributed by atoms with Gasteiger partial charge in [0.05, 0.1) is 0 Å². The first-order valence-corrected chi connectivity index (χ1v) is 7.24. The minimum Gasteiger partial charge on any atom is -0.342 e. The van der Waals surface area contributed by atoms with Gasteiger partial charge in [0.25, 0.3) is 0 Å². The number of hydrogen-bond acceptors (Lipinski definition) is 2. The van der Waals surface area contributed by atoms with E-state index >= 15 is 0 Å². The Bertz CT molecular complexity index is 253. The maximum absolute atomic E-state index is 11.6. The molecule has 0 bridgehead atoms. The highest BCUT2D eigenvalue weighted by atomic mass is 16.2. The van der Waals surface area contributed by atoms with E-state index in [9.17, 15) is 4.79 Å². The molecule has 3 heteroatoms. The first-order valence-electron chi connectivity index (χ1n) is 7.24. The van der Waals surface area contributed by atoms with Crippen molar-refractivity contribution < 1.29 is 4.79 Å². The van der Waals surface area contributed by atoms with Crippen molar-refractivity contribution in [3.05, 3.63) is 0 Å². The summed E-state index contributed by atoms with van der Waals surface area (Å²) in [7, 11) is 0. The van der Waals surface area contributed by atoms with Crippen molar-refractivity contribution in [1.29, 1.82) is 0 Å². The van der Waals surface area contributed by atoms with E-state index in [1.165, 1.54) is 38.9 Å². The first-order chi connectivity index (χ1) is 8.24. The molecule has 0 aromatic rings. The number of rotatable bonds is 5. The highest BCUT2D eigenvalue weighted by Crippen LogP contribution is 2.31. The van der Waals surface area contributed by atoms with Crippen LogP contribution >= 0.6 is 0 Å². The average molecular weight is 238 g/mol. The van der Waals surface area contributed by atoms with Crippen LogP contribution in [-0.2, 0) is 4.79 Å². The van der Waals surface area contributed by atoms with E-state index in [-0.39, 0.29) is 0 Å². The molecule has 2 aliphatic rings. The second-order valence-electron chi connectivity index (χ2n) is 5.64. The summed E-state index contributed by atoms with van der Waals surface area (Å²) in [5.41, 5.74) is 0. The summed E-state index contributed by atoms with van der Waals surface area (Å²) >= 11 is 0. The molecule has 0 aromatic heterocycles. The van der Waals surface area contributed by atoms with Gasteiger partial charge >= 0.3 is 0 Å². The van der Waals surface area contributed by atoms with Gasteiger partial charge in [0.15, 0.2) is 0 Å². The minimum absolute atomic E-state index is 0.344. The Labute approximate surface area is 105 Å². The molecule has 0 aromatic carbocycles. The Morgan fingerprint density at radius 2 is 1.71 bits per heavy atom. The molecule has 17 heavy (non-hydrogen) atoms. The molecule has 0 spiro atoms. The highest BCUT2D eigenvalue weighted by molar-refractivity contribution is 5.76. The van der Waals surface area contributed by atoms with Gasteiger partial charge in [-0.3, -0.25) is 4.79 Å². The van der Waals surface area contributed by atoms with Gasteiger partial charge in [-0.2, -0.15) is 0 Å². The maximum Gasteiger partial charge on any atom is 0.222 e. The van der Waals surface area contributed by atoms with E-state index in [1.54, 1.807) is 0 Å². The van der Waals surface area contributed by atoms with Gasteiger partial charge in [0.1, 0.15) is 0 Å². The summed E-state index contributed by atoms with van der Waals surface area (Å²) in [5.74, 6) is 1.86. The van der Waals surface area contributed by atoms with Crippen LogP contribution < -0.4 is 0 Å².